The van der Waals surface area contributed by atoms with Gasteiger partial charge in [-0.05, 0) is 30.3 Å². The molecule has 0 aliphatic heterocycles. The van der Waals surface area contributed by atoms with Gasteiger partial charge < -0.3 is 9.84 Å². The summed E-state index contributed by atoms with van der Waals surface area (Å²) < 4.78 is 33.5. The first kappa shape index (κ1) is 16.0. The molecule has 1 N–H and O–H groups in total. The molecule has 3 rings (SSSR count). The minimum absolute atomic E-state index is 0.0324. The molecule has 122 valence electrons. The number of phenols is 1. The fourth-order valence-electron chi connectivity index (χ4n) is 2.45. The molecule has 5 nitrogen and oxygen atoms in total. The van der Waals surface area contributed by atoms with E-state index in [0.29, 0.717) is 22.1 Å². The van der Waals surface area contributed by atoms with E-state index in [1.54, 1.807) is 42.5 Å². The minimum Gasteiger partial charge on any atom is -0.507 e. The first-order valence-electron chi connectivity index (χ1n) is 7.17. The van der Waals surface area contributed by atoms with E-state index in [2.05, 4.69) is 4.40 Å². The molecule has 0 bridgehead atoms. The lowest BCUT2D eigenvalue weighted by Gasteiger charge is -2.09. The molecule has 0 fully saturated rings. The Bertz CT molecular complexity index is 1010. The summed E-state index contributed by atoms with van der Waals surface area (Å²) in [4.78, 5) is 0.114. The van der Waals surface area contributed by atoms with Crippen LogP contribution in [0, 0.1) is 0 Å². The van der Waals surface area contributed by atoms with Crippen molar-refractivity contribution in [3.63, 3.8) is 0 Å². The number of aromatic hydroxyl groups is 1. The normalized spacial score (nSPS) is 11.9. The summed E-state index contributed by atoms with van der Waals surface area (Å²) in [5.41, 5.74) is 0.489. The Hall–Kier alpha value is -2.86. The van der Waals surface area contributed by atoms with Crippen molar-refractivity contribution in [3.8, 4) is 11.5 Å². The zero-order chi connectivity index (χ0) is 17.2. The minimum atomic E-state index is -3.80. The molecule has 0 aliphatic carbocycles. The number of methoxy groups -OCH3 is 1. The molecule has 24 heavy (non-hydrogen) atoms. The van der Waals surface area contributed by atoms with Crippen molar-refractivity contribution in [1.82, 2.24) is 0 Å². The molecule has 0 spiro atoms. The highest BCUT2D eigenvalue weighted by Crippen LogP contribution is 2.33. The van der Waals surface area contributed by atoms with Crippen molar-refractivity contribution in [2.45, 2.75) is 4.90 Å². The summed E-state index contributed by atoms with van der Waals surface area (Å²) >= 11 is 0. The van der Waals surface area contributed by atoms with Gasteiger partial charge in [0.25, 0.3) is 10.0 Å². The maximum Gasteiger partial charge on any atom is 0.282 e. The van der Waals surface area contributed by atoms with Gasteiger partial charge in [0.15, 0.2) is 0 Å². The first-order valence-corrected chi connectivity index (χ1v) is 8.61. The van der Waals surface area contributed by atoms with Crippen molar-refractivity contribution in [3.05, 3.63) is 66.2 Å². The van der Waals surface area contributed by atoms with E-state index in [4.69, 9.17) is 4.74 Å². The number of phenolic OH excluding ortho intramolecular Hbond substituents is 1. The Balaban J connectivity index is 2.11. The second-order valence-electron chi connectivity index (χ2n) is 5.08. The Morgan fingerprint density at radius 1 is 1.00 bits per heavy atom. The molecule has 0 unspecified atom stereocenters. The fourth-order valence-corrected chi connectivity index (χ4v) is 3.33. The summed E-state index contributed by atoms with van der Waals surface area (Å²) in [6.45, 7) is 0. The van der Waals surface area contributed by atoms with Crippen LogP contribution in [-0.4, -0.2) is 26.8 Å². The van der Waals surface area contributed by atoms with Crippen LogP contribution in [0.15, 0.2) is 70.0 Å². The van der Waals surface area contributed by atoms with Crippen LogP contribution in [0.25, 0.3) is 10.8 Å². The van der Waals surface area contributed by atoms with Crippen LogP contribution >= 0.6 is 0 Å². The Morgan fingerprint density at radius 2 is 1.75 bits per heavy atom. The lowest BCUT2D eigenvalue weighted by Crippen LogP contribution is -1.98. The van der Waals surface area contributed by atoms with E-state index < -0.39 is 10.0 Å². The molecule has 0 atom stereocenters. The molecule has 0 aromatic heterocycles. The van der Waals surface area contributed by atoms with Gasteiger partial charge in [0.05, 0.1) is 12.0 Å². The molecular weight excluding hydrogens is 326 g/mol. The number of fused-ring (bicyclic) bond motifs is 1. The highest BCUT2D eigenvalue weighted by molar-refractivity contribution is 7.90. The average molecular weight is 341 g/mol. The van der Waals surface area contributed by atoms with Crippen molar-refractivity contribution in [2.24, 2.45) is 4.40 Å². The lowest BCUT2D eigenvalue weighted by atomic mass is 10.0. The van der Waals surface area contributed by atoms with E-state index in [0.717, 1.165) is 0 Å². The highest BCUT2D eigenvalue weighted by Gasteiger charge is 2.13. The second kappa shape index (κ2) is 6.33. The number of rotatable bonds is 4. The van der Waals surface area contributed by atoms with Crippen molar-refractivity contribution >= 4 is 27.0 Å². The molecule has 6 heteroatoms. The van der Waals surface area contributed by atoms with Gasteiger partial charge in [-0.1, -0.05) is 30.3 Å². The molecule has 0 amide bonds. The Labute approximate surface area is 139 Å². The van der Waals surface area contributed by atoms with Gasteiger partial charge in [-0.25, -0.2) is 0 Å². The summed E-state index contributed by atoms with van der Waals surface area (Å²) in [6.07, 6.45) is 1.24. The second-order valence-corrected chi connectivity index (χ2v) is 6.71. The molecule has 0 radical (unpaired) electrons. The van der Waals surface area contributed by atoms with Gasteiger partial charge >= 0.3 is 0 Å². The lowest BCUT2D eigenvalue weighted by molar-refractivity contribution is 0.419. The van der Waals surface area contributed by atoms with Crippen LogP contribution in [0.4, 0.5) is 0 Å². The molecule has 0 saturated heterocycles. The largest absolute Gasteiger partial charge is 0.507 e. The summed E-state index contributed by atoms with van der Waals surface area (Å²) in [6, 6.07) is 16.4. The van der Waals surface area contributed by atoms with E-state index in [1.165, 1.54) is 31.5 Å². The predicted octanol–water partition coefficient (Wildman–Crippen LogP) is 3.36. The van der Waals surface area contributed by atoms with Gasteiger partial charge in [0.1, 0.15) is 11.5 Å². The van der Waals surface area contributed by atoms with Gasteiger partial charge in [0, 0.05) is 22.6 Å². The first-order chi connectivity index (χ1) is 11.5. The average Bonchev–Trinajstić information content (AvgIpc) is 2.60. The van der Waals surface area contributed by atoms with Crippen LogP contribution in [0.5, 0.6) is 11.5 Å². The van der Waals surface area contributed by atoms with Crippen LogP contribution in [-0.2, 0) is 10.0 Å². The molecule has 0 saturated carbocycles. The highest BCUT2D eigenvalue weighted by atomic mass is 32.2. The summed E-state index contributed by atoms with van der Waals surface area (Å²) in [7, 11) is -2.26. The van der Waals surface area contributed by atoms with Gasteiger partial charge in [0.2, 0.25) is 0 Å². The topological polar surface area (TPSA) is 76.0 Å². The fraction of sp³-hybridized carbons (Fsp3) is 0.0556. The van der Waals surface area contributed by atoms with E-state index in [9.17, 15) is 13.5 Å². The van der Waals surface area contributed by atoms with E-state index >= 15 is 0 Å². The van der Waals surface area contributed by atoms with E-state index in [-0.39, 0.29) is 10.6 Å². The van der Waals surface area contributed by atoms with Crippen LogP contribution in [0.2, 0.25) is 0 Å². The molecule has 0 aliphatic rings. The third-order valence-electron chi connectivity index (χ3n) is 3.60. The monoisotopic (exact) mass is 341 g/mol. The number of ether oxygens (including phenoxy) is 1. The predicted molar refractivity (Wildman–Crippen MR) is 93.4 cm³/mol. The Kier molecular flexibility index (Phi) is 4.22. The van der Waals surface area contributed by atoms with Crippen LogP contribution < -0.4 is 4.74 Å². The van der Waals surface area contributed by atoms with Crippen molar-refractivity contribution < 1.29 is 18.3 Å². The number of sulfonamides is 1. The standard InChI is InChI=1S/C18H15NO4S/c1-23-17-11-10-13(18-15(17)8-5-9-16(18)20)12-19-24(21,22)14-6-3-2-4-7-14/h2-12,20H,1H3/b19-12+. The van der Waals surface area contributed by atoms with Crippen LogP contribution in [0.3, 0.4) is 0 Å². The SMILES string of the molecule is COc1ccc(/C=N/S(=O)(=O)c2ccccc2)c2c(O)cccc12. The van der Waals surface area contributed by atoms with Gasteiger partial charge in [-0.3, -0.25) is 0 Å². The third-order valence-corrected chi connectivity index (χ3v) is 4.85. The van der Waals surface area contributed by atoms with Crippen molar-refractivity contribution in [2.75, 3.05) is 7.11 Å². The zero-order valence-corrected chi connectivity index (χ0v) is 13.7. The van der Waals surface area contributed by atoms with Crippen LogP contribution in [0.1, 0.15) is 5.56 Å². The van der Waals surface area contributed by atoms with Gasteiger partial charge in [-0.15, -0.1) is 0 Å². The maximum absolute atomic E-state index is 12.3. The smallest absolute Gasteiger partial charge is 0.282 e. The number of hydrogen-bond acceptors (Lipinski definition) is 4. The number of hydrogen-bond donors (Lipinski definition) is 1. The summed E-state index contributed by atoms with van der Waals surface area (Å²) in [5, 5.41) is 11.3. The molecule has 3 aromatic rings. The van der Waals surface area contributed by atoms with Gasteiger partial charge in [-0.2, -0.15) is 12.8 Å². The molecular formula is C18H15NO4S. The van der Waals surface area contributed by atoms with E-state index in [1.807, 2.05) is 0 Å². The Morgan fingerprint density at radius 3 is 2.46 bits per heavy atom. The van der Waals surface area contributed by atoms with Crippen molar-refractivity contribution in [1.29, 1.82) is 0 Å². The molecule has 0 heterocycles. The zero-order valence-electron chi connectivity index (χ0n) is 12.9. The summed E-state index contributed by atoms with van der Waals surface area (Å²) in [5.74, 6) is 0.619. The number of benzene rings is 3. The number of nitrogens with zero attached hydrogens (tertiary/aromatic N) is 1. The molecule has 3 aromatic carbocycles. The quantitative estimate of drug-likeness (QED) is 0.738. The maximum atomic E-state index is 12.3. The third kappa shape index (κ3) is 2.96.